The fraction of sp³-hybridized carbons (Fsp3) is 0.214. The summed E-state index contributed by atoms with van der Waals surface area (Å²) in [6.45, 7) is 2.18. The van der Waals surface area contributed by atoms with Gasteiger partial charge in [-0.05, 0) is 61.7 Å². The van der Waals surface area contributed by atoms with Crippen LogP contribution in [0.15, 0.2) is 39.4 Å². The molecule has 0 atom stereocenters. The van der Waals surface area contributed by atoms with E-state index in [9.17, 15) is 5.11 Å². The summed E-state index contributed by atoms with van der Waals surface area (Å²) in [5.41, 5.74) is 2.09. The number of fused-ring (bicyclic) bond motifs is 1. The Morgan fingerprint density at radius 1 is 1.30 bits per heavy atom. The van der Waals surface area contributed by atoms with Gasteiger partial charge in [-0.2, -0.15) is 0 Å². The van der Waals surface area contributed by atoms with E-state index >= 15 is 0 Å². The average molecular weight is 400 g/mol. The van der Waals surface area contributed by atoms with E-state index in [-0.39, 0.29) is 5.75 Å². The van der Waals surface area contributed by atoms with Crippen molar-refractivity contribution in [3.8, 4) is 11.6 Å². The van der Waals surface area contributed by atoms with Gasteiger partial charge in [0, 0.05) is 12.7 Å². The lowest BCUT2D eigenvalue weighted by atomic mass is 10.2. The zero-order valence-electron chi connectivity index (χ0n) is 10.5. The first-order chi connectivity index (χ1) is 9.65. The summed E-state index contributed by atoms with van der Waals surface area (Å²) >= 11 is 6.72. The highest BCUT2D eigenvalue weighted by Crippen LogP contribution is 2.35. The first kappa shape index (κ1) is 13.7. The summed E-state index contributed by atoms with van der Waals surface area (Å²) in [7, 11) is 0. The van der Waals surface area contributed by atoms with Crippen molar-refractivity contribution in [3.63, 3.8) is 0 Å². The number of ether oxygens (including phenoxy) is 1. The van der Waals surface area contributed by atoms with Crippen LogP contribution in [0, 0.1) is 0 Å². The molecule has 2 aromatic rings. The largest absolute Gasteiger partial charge is 0.506 e. The van der Waals surface area contributed by atoms with E-state index in [2.05, 4.69) is 41.7 Å². The van der Waals surface area contributed by atoms with Gasteiger partial charge in [0.25, 0.3) is 0 Å². The Balaban J connectivity index is 1.89. The summed E-state index contributed by atoms with van der Waals surface area (Å²) in [5.74, 6) is 0.897. The van der Waals surface area contributed by atoms with Crippen LogP contribution in [-0.2, 0) is 6.54 Å². The number of pyridine rings is 1. The smallest absolute Gasteiger partial charge is 0.237 e. The molecule has 2 heterocycles. The third-order valence-electron chi connectivity index (χ3n) is 3.14. The number of aromatic hydroxyl groups is 1. The van der Waals surface area contributed by atoms with E-state index in [1.165, 1.54) is 0 Å². The first-order valence-corrected chi connectivity index (χ1v) is 7.73. The molecule has 1 aromatic carbocycles. The molecule has 3 rings (SSSR count). The maximum absolute atomic E-state index is 9.76. The van der Waals surface area contributed by atoms with Gasteiger partial charge in [0.1, 0.15) is 18.0 Å². The van der Waals surface area contributed by atoms with Crippen LogP contribution in [0.1, 0.15) is 5.56 Å². The number of rotatable bonds is 2. The van der Waals surface area contributed by atoms with Crippen LogP contribution in [0.4, 0.5) is 5.69 Å². The van der Waals surface area contributed by atoms with Crippen LogP contribution < -0.4 is 9.64 Å². The molecule has 0 saturated carbocycles. The van der Waals surface area contributed by atoms with Crippen LogP contribution in [0.2, 0.25) is 0 Å². The Hall–Kier alpha value is -1.27. The monoisotopic (exact) mass is 398 g/mol. The average Bonchev–Trinajstić information content (AvgIpc) is 2.45. The molecule has 0 aliphatic carbocycles. The molecular weight excluding hydrogens is 388 g/mol. The molecule has 0 bridgehead atoms. The Kier molecular flexibility index (Phi) is 3.85. The number of benzene rings is 1. The Labute approximate surface area is 133 Å². The zero-order chi connectivity index (χ0) is 14.1. The van der Waals surface area contributed by atoms with E-state index in [1.807, 2.05) is 24.3 Å². The van der Waals surface area contributed by atoms with Gasteiger partial charge in [0.2, 0.25) is 5.88 Å². The third-order valence-corrected chi connectivity index (χ3v) is 4.35. The number of phenolic OH excluding ortho intramolecular Hbond substituents is 1. The van der Waals surface area contributed by atoms with Gasteiger partial charge in [-0.3, -0.25) is 0 Å². The fourth-order valence-corrected chi connectivity index (χ4v) is 3.48. The fourth-order valence-electron chi connectivity index (χ4n) is 2.20. The maximum atomic E-state index is 9.76. The maximum Gasteiger partial charge on any atom is 0.237 e. The standard InChI is InChI=1S/C14H12Br2N2O2/c15-10-6-9(7-11(16)13(10)19)8-18-4-5-20-14-12(18)2-1-3-17-14/h1-3,6-7,19H,4-5,8H2. The number of hydrogen-bond acceptors (Lipinski definition) is 4. The van der Waals surface area contributed by atoms with E-state index in [0.717, 1.165) is 24.3 Å². The Morgan fingerprint density at radius 2 is 2.05 bits per heavy atom. The number of hydrogen-bond donors (Lipinski definition) is 1. The molecule has 0 unspecified atom stereocenters. The van der Waals surface area contributed by atoms with Crippen LogP contribution >= 0.6 is 31.9 Å². The third kappa shape index (κ3) is 2.62. The highest BCUT2D eigenvalue weighted by Gasteiger charge is 2.19. The molecule has 1 aromatic heterocycles. The summed E-state index contributed by atoms with van der Waals surface area (Å²) in [5, 5.41) is 9.76. The van der Waals surface area contributed by atoms with E-state index in [4.69, 9.17) is 4.74 Å². The van der Waals surface area contributed by atoms with E-state index in [1.54, 1.807) is 6.20 Å². The lowest BCUT2D eigenvalue weighted by Crippen LogP contribution is -2.32. The van der Waals surface area contributed by atoms with Gasteiger partial charge >= 0.3 is 0 Å². The quantitative estimate of drug-likeness (QED) is 0.835. The summed E-state index contributed by atoms with van der Waals surface area (Å²) in [4.78, 5) is 6.46. The van der Waals surface area contributed by atoms with Crippen LogP contribution in [0.5, 0.6) is 11.6 Å². The van der Waals surface area contributed by atoms with Crippen molar-refractivity contribution in [3.05, 3.63) is 45.0 Å². The van der Waals surface area contributed by atoms with Gasteiger partial charge < -0.3 is 14.7 Å². The molecule has 0 radical (unpaired) electrons. The SMILES string of the molecule is Oc1c(Br)cc(CN2CCOc3ncccc32)cc1Br. The van der Waals surface area contributed by atoms with Gasteiger partial charge in [-0.15, -0.1) is 0 Å². The van der Waals surface area contributed by atoms with Crippen LogP contribution in [0.3, 0.4) is 0 Å². The number of anilines is 1. The van der Waals surface area contributed by atoms with Crippen molar-refractivity contribution in [1.29, 1.82) is 0 Å². The summed E-state index contributed by atoms with van der Waals surface area (Å²) in [6, 6.07) is 7.76. The van der Waals surface area contributed by atoms with Crippen molar-refractivity contribution < 1.29 is 9.84 Å². The van der Waals surface area contributed by atoms with Gasteiger partial charge in [0.05, 0.1) is 15.5 Å². The van der Waals surface area contributed by atoms with Crippen molar-refractivity contribution >= 4 is 37.5 Å². The van der Waals surface area contributed by atoms with Crippen molar-refractivity contribution in [2.75, 3.05) is 18.1 Å². The van der Waals surface area contributed by atoms with Gasteiger partial charge in [0.15, 0.2) is 0 Å². The molecular formula is C14H12Br2N2O2. The molecule has 20 heavy (non-hydrogen) atoms. The molecule has 0 spiro atoms. The first-order valence-electron chi connectivity index (χ1n) is 6.15. The molecule has 0 fully saturated rings. The lowest BCUT2D eigenvalue weighted by Gasteiger charge is -2.30. The molecule has 6 heteroatoms. The molecule has 1 aliphatic heterocycles. The second-order valence-corrected chi connectivity index (χ2v) is 6.21. The summed E-state index contributed by atoms with van der Waals surface area (Å²) < 4.78 is 6.91. The normalized spacial score (nSPS) is 13.8. The lowest BCUT2D eigenvalue weighted by molar-refractivity contribution is 0.294. The second-order valence-electron chi connectivity index (χ2n) is 4.51. The highest BCUT2D eigenvalue weighted by molar-refractivity contribution is 9.11. The van der Waals surface area contributed by atoms with Crippen LogP contribution in [0.25, 0.3) is 0 Å². The predicted molar refractivity (Wildman–Crippen MR) is 84.3 cm³/mol. The molecule has 1 aliphatic rings. The minimum Gasteiger partial charge on any atom is -0.506 e. The van der Waals surface area contributed by atoms with Crippen molar-refractivity contribution in [2.24, 2.45) is 0 Å². The number of phenols is 1. The number of nitrogens with zero attached hydrogens (tertiary/aromatic N) is 2. The molecule has 0 amide bonds. The molecule has 0 saturated heterocycles. The van der Waals surface area contributed by atoms with Gasteiger partial charge in [-0.1, -0.05) is 0 Å². The predicted octanol–water partition coefficient (Wildman–Crippen LogP) is 3.71. The Morgan fingerprint density at radius 3 is 2.80 bits per heavy atom. The molecule has 104 valence electrons. The van der Waals surface area contributed by atoms with E-state index in [0.29, 0.717) is 21.4 Å². The minimum atomic E-state index is 0.220. The Bertz CT molecular complexity index is 626. The minimum absolute atomic E-state index is 0.220. The summed E-state index contributed by atoms with van der Waals surface area (Å²) in [6.07, 6.45) is 1.73. The highest BCUT2D eigenvalue weighted by atomic mass is 79.9. The molecule has 4 nitrogen and oxygen atoms in total. The van der Waals surface area contributed by atoms with Crippen molar-refractivity contribution in [1.82, 2.24) is 4.98 Å². The molecule has 1 N–H and O–H groups in total. The second kappa shape index (κ2) is 5.61. The van der Waals surface area contributed by atoms with Crippen molar-refractivity contribution in [2.45, 2.75) is 6.54 Å². The van der Waals surface area contributed by atoms with E-state index < -0.39 is 0 Å². The number of halogens is 2. The number of aromatic nitrogens is 1. The van der Waals surface area contributed by atoms with Crippen LogP contribution in [-0.4, -0.2) is 23.2 Å². The zero-order valence-corrected chi connectivity index (χ0v) is 13.7. The topological polar surface area (TPSA) is 45.6 Å². The van der Waals surface area contributed by atoms with Gasteiger partial charge in [-0.25, -0.2) is 4.98 Å².